The van der Waals surface area contributed by atoms with Gasteiger partial charge in [0.15, 0.2) is 25.2 Å². The second-order valence-corrected chi connectivity index (χ2v) is 40.0. The van der Waals surface area contributed by atoms with Gasteiger partial charge in [0.2, 0.25) is 0 Å². The Morgan fingerprint density at radius 1 is 0.264 bits per heavy atom. The Morgan fingerprint density at radius 2 is 0.450 bits per heavy atom. The zero-order valence-corrected chi connectivity index (χ0v) is 81.3. The molecule has 8 bridgehead atoms. The molecule has 0 spiro atoms. The molecule has 140 heavy (non-hydrogen) atoms. The topological polar surface area (TPSA) is 594 Å². The Hall–Kier alpha value is -8.48. The first-order chi connectivity index (χ1) is 66.7. The van der Waals surface area contributed by atoms with Crippen molar-refractivity contribution in [2.24, 2.45) is 0 Å². The summed E-state index contributed by atoms with van der Waals surface area (Å²) in [5, 5.41) is 200. The SMILES string of the molecule is CC(C)(C)c1cc2c(OCc3cn(CCOCCO[C@@H]4O[C@H](CO)[C@H](O)[C@H](O)[C@H]4O)nn3)c(c1)Cc1cc(C(C)(C)C)cc(c1OCc1cn(CCOCCO[C@@H]3O[C@H](CO)[C@H](O)[C@H](O)[C@H]3O)nn1)Cc1cc(C(C)(C)C)cc(c1OCc1cn(CCOCCO[C@@H]3O[C@H](CO)[C@H](O)[C@H](O)[C@H]3O)nn1)Cc1cc(C(C)(C)C)cc(c1OCc1cn(CCOCCO[C@@H]3O[C@H](CO)[C@H](O)[C@H](O)[C@H]3O)nn1)C2. The van der Waals surface area contributed by atoms with Gasteiger partial charge in [0.05, 0.1) is 157 Å². The van der Waals surface area contributed by atoms with E-state index < -0.39 is 171 Å². The maximum atomic E-state index is 10.6. The van der Waals surface area contributed by atoms with E-state index in [1.807, 2.05) is 0 Å². The fourth-order valence-electron chi connectivity index (χ4n) is 16.8. The van der Waals surface area contributed by atoms with Crippen LogP contribution in [0.1, 0.15) is 173 Å². The Kier molecular flexibility index (Phi) is 38.0. The predicted octanol–water partition coefficient (Wildman–Crippen LogP) is -0.432. The summed E-state index contributed by atoms with van der Waals surface area (Å²) in [7, 11) is 0. The number of hydrogen-bond donors (Lipinski definition) is 16. The van der Waals surface area contributed by atoms with Crippen LogP contribution in [0.4, 0.5) is 0 Å². The number of nitrogens with zero attached hydrogens (tertiary/aromatic N) is 12. The number of fused-ring (bicyclic) bond motifs is 8. The van der Waals surface area contributed by atoms with Crippen LogP contribution in [-0.2, 0) is 157 Å². The maximum absolute atomic E-state index is 10.6. The molecule has 0 amide bonds. The van der Waals surface area contributed by atoms with Crippen LogP contribution < -0.4 is 18.9 Å². The van der Waals surface area contributed by atoms with E-state index in [4.69, 9.17) is 75.8 Å². The molecule has 8 heterocycles. The van der Waals surface area contributed by atoms with Gasteiger partial charge in [0, 0.05) is 25.7 Å². The largest absolute Gasteiger partial charge is 0.487 e. The van der Waals surface area contributed by atoms with Gasteiger partial charge in [-0.2, -0.15) is 0 Å². The van der Waals surface area contributed by atoms with Crippen LogP contribution in [0.2, 0.25) is 0 Å². The molecule has 44 nitrogen and oxygen atoms in total. The number of aliphatic hydroxyl groups is 16. The van der Waals surface area contributed by atoms with E-state index >= 15 is 0 Å². The van der Waals surface area contributed by atoms with E-state index in [9.17, 15) is 81.7 Å². The maximum Gasteiger partial charge on any atom is 0.186 e. The van der Waals surface area contributed by atoms with Crippen LogP contribution in [0.3, 0.4) is 0 Å². The number of hydrogen-bond acceptors (Lipinski definition) is 40. The minimum atomic E-state index is -1.61. The van der Waals surface area contributed by atoms with E-state index in [1.54, 1.807) is 43.5 Å². The zero-order chi connectivity index (χ0) is 101. The third-order valence-electron chi connectivity index (χ3n) is 25.1. The molecule has 4 aliphatic heterocycles. The summed E-state index contributed by atoms with van der Waals surface area (Å²) < 4.78 is 104. The lowest BCUT2D eigenvalue weighted by atomic mass is 9.79. The predicted molar refractivity (Wildman–Crippen MR) is 491 cm³/mol. The summed E-state index contributed by atoms with van der Waals surface area (Å²) >= 11 is 0. The molecule has 0 saturated carbocycles. The van der Waals surface area contributed by atoms with Crippen LogP contribution in [0.15, 0.2) is 73.3 Å². The van der Waals surface area contributed by atoms with Gasteiger partial charge in [0.25, 0.3) is 0 Å². The summed E-state index contributed by atoms with van der Waals surface area (Å²) in [4.78, 5) is 0. The Bertz CT molecular complexity index is 4500. The molecular weight excluding hydrogens is 1830 g/mol. The van der Waals surface area contributed by atoms with Gasteiger partial charge in [-0.15, -0.1) is 20.4 Å². The number of benzene rings is 4. The van der Waals surface area contributed by atoms with Gasteiger partial charge in [-0.05, 0) is 88.4 Å². The second-order valence-electron chi connectivity index (χ2n) is 40.0. The zero-order valence-electron chi connectivity index (χ0n) is 81.3. The lowest BCUT2D eigenvalue weighted by Gasteiger charge is -2.39. The van der Waals surface area contributed by atoms with Crippen molar-refractivity contribution in [3.63, 3.8) is 0 Å². The van der Waals surface area contributed by atoms with Crippen molar-refractivity contribution in [2.75, 3.05) is 106 Å². The monoisotopic (exact) mass is 1970 g/mol. The summed E-state index contributed by atoms with van der Waals surface area (Å²) in [6, 6.07) is 17.6. The highest BCUT2D eigenvalue weighted by Crippen LogP contribution is 2.46. The molecule has 4 aromatic carbocycles. The van der Waals surface area contributed by atoms with E-state index in [2.05, 4.69) is 173 Å². The smallest absolute Gasteiger partial charge is 0.186 e. The fourth-order valence-corrected chi connectivity index (χ4v) is 16.8. The number of ether oxygens (including phenoxy) is 16. The fraction of sp³-hybridized carbons (Fsp3) is 0.667. The standard InChI is InChI=1S/C96H140N12O32/c1-93(2,3)61-33-53-29-55-35-62(94(4,5)6)37-57(86(55)134-50-66-42-106(102-98-66)14-18-126-22-26-130-90-82(122)78(118)74(114)70(46-110)138-90)31-59-39-64(96(10,11)12)40-60(88(59)136-52-68-44-108(104-100-68)16-20-128-24-28-132-92-84(124)80(120)76(116)72(48-112)140-92)32-58-38-63(95(7,8)9)36-56(87(58)135-51-67-43-107(103-99-67)15-19-127-23-27-131-91-83(123)79(119)75(115)71(47-111)139-91)30-54(34-61)85(53)133-49-65-41-105(101-97-65)13-17-125-21-25-129-89-81(121)77(117)73(113)69(45-109)137-89/h33-44,69-84,89-92,109-124H,13-32,45-52H2,1-12H3/t69-,70-,71-,72-,73+,74+,75+,76+,77+,78+,79+,80+,81-,82-,83-,84-,89-,90-,91-,92-/m1/s1. The van der Waals surface area contributed by atoms with Crippen LogP contribution in [0.25, 0.3) is 0 Å². The third-order valence-corrected chi connectivity index (χ3v) is 25.1. The highest BCUT2D eigenvalue weighted by molar-refractivity contribution is 5.60. The van der Waals surface area contributed by atoms with Gasteiger partial charge in [0.1, 0.15) is 170 Å². The van der Waals surface area contributed by atoms with Crippen LogP contribution in [-0.4, -0.2) is 370 Å². The summed E-state index contributed by atoms with van der Waals surface area (Å²) in [5.74, 6) is 2.23. The highest BCUT2D eigenvalue weighted by Gasteiger charge is 2.48. The first-order valence-corrected chi connectivity index (χ1v) is 47.4. The van der Waals surface area contributed by atoms with Crippen molar-refractivity contribution in [3.05, 3.63) is 163 Å². The number of rotatable bonds is 44. The molecule has 8 aromatic rings. The molecule has 0 radical (unpaired) electrons. The Balaban J connectivity index is 0.864. The van der Waals surface area contributed by atoms with Crippen molar-refractivity contribution in [2.45, 2.75) is 306 Å². The van der Waals surface area contributed by atoms with Gasteiger partial charge >= 0.3 is 0 Å². The molecule has 1 aliphatic carbocycles. The first kappa shape index (κ1) is 109. The van der Waals surface area contributed by atoms with Crippen molar-refractivity contribution >= 4 is 0 Å². The lowest BCUT2D eigenvalue weighted by Crippen LogP contribution is -2.59. The van der Waals surface area contributed by atoms with Gasteiger partial charge in [-0.25, -0.2) is 18.7 Å². The van der Waals surface area contributed by atoms with Gasteiger partial charge in [-0.3, -0.25) is 0 Å². The number of aliphatic hydroxyl groups excluding tert-OH is 16. The molecule has 0 unspecified atom stereocenters. The molecule has 16 N–H and O–H groups in total. The molecule has 4 aromatic heterocycles. The van der Waals surface area contributed by atoms with E-state index in [1.165, 1.54) is 0 Å². The average molecular weight is 1970 g/mol. The van der Waals surface area contributed by atoms with Crippen molar-refractivity contribution in [3.8, 4) is 23.0 Å². The molecular formula is C96H140N12O32. The van der Waals surface area contributed by atoms with Crippen molar-refractivity contribution in [1.82, 2.24) is 60.0 Å². The summed E-state index contributed by atoms with van der Waals surface area (Å²) in [6.45, 7) is 24.9. The average Bonchev–Trinajstić information content (AvgIpc) is 0.870. The second kappa shape index (κ2) is 48.9. The minimum absolute atomic E-state index is 0.0468. The number of aromatic nitrogens is 12. The lowest BCUT2D eigenvalue weighted by molar-refractivity contribution is -0.302. The summed E-state index contributed by atoms with van der Waals surface area (Å²) in [5.41, 5.74) is 10.4. The van der Waals surface area contributed by atoms with Crippen molar-refractivity contribution in [1.29, 1.82) is 0 Å². The molecule has 5 aliphatic rings. The molecule has 776 valence electrons. The molecule has 13 rings (SSSR count). The van der Waals surface area contributed by atoms with Gasteiger partial charge in [-0.1, -0.05) is 152 Å². The Labute approximate surface area is 811 Å². The van der Waals surface area contributed by atoms with Crippen LogP contribution in [0.5, 0.6) is 23.0 Å². The molecule has 4 fully saturated rings. The third kappa shape index (κ3) is 28.2. The summed E-state index contributed by atoms with van der Waals surface area (Å²) in [6.07, 6.45) is -20.7. The van der Waals surface area contributed by atoms with E-state index in [0.29, 0.717) is 45.8 Å². The quantitative estimate of drug-likeness (QED) is 0.0215. The first-order valence-electron chi connectivity index (χ1n) is 47.4. The van der Waals surface area contributed by atoms with Crippen LogP contribution in [0, 0.1) is 0 Å². The Morgan fingerprint density at radius 3 is 0.621 bits per heavy atom. The minimum Gasteiger partial charge on any atom is -0.487 e. The molecule has 20 atom stereocenters. The molecule has 4 saturated heterocycles. The molecule has 44 heteroatoms. The van der Waals surface area contributed by atoms with Gasteiger partial charge < -0.3 is 157 Å². The van der Waals surface area contributed by atoms with Crippen LogP contribution >= 0.6 is 0 Å². The normalized spacial score (nSPS) is 26.0. The van der Waals surface area contributed by atoms with Crippen molar-refractivity contribution < 1.29 is 157 Å². The highest BCUT2D eigenvalue weighted by atomic mass is 16.7. The van der Waals surface area contributed by atoms with E-state index in [0.717, 1.165) is 66.8 Å². The van der Waals surface area contributed by atoms with E-state index in [-0.39, 0.29) is 158 Å².